The highest BCUT2D eigenvalue weighted by Gasteiger charge is 2.60. The van der Waals surface area contributed by atoms with Gasteiger partial charge in [0.2, 0.25) is 0 Å². The van der Waals surface area contributed by atoms with E-state index in [1.165, 1.54) is 64.2 Å². The van der Waals surface area contributed by atoms with Gasteiger partial charge in [-0.3, -0.25) is 4.79 Å². The summed E-state index contributed by atoms with van der Waals surface area (Å²) in [5.41, 5.74) is 0.661. The largest absolute Gasteiger partial charge is 0.462 e. The first-order valence-corrected chi connectivity index (χ1v) is 15.1. The van der Waals surface area contributed by atoms with Gasteiger partial charge >= 0.3 is 5.97 Å². The fraction of sp³-hybridized carbons (Fsp3) is 0.969. The highest BCUT2D eigenvalue weighted by molar-refractivity contribution is 5.75. The Morgan fingerprint density at radius 3 is 2.24 bits per heavy atom. The van der Waals surface area contributed by atoms with Crippen molar-refractivity contribution in [3.05, 3.63) is 0 Å². The monoisotopic (exact) mass is 472 g/mol. The van der Waals surface area contributed by atoms with Crippen LogP contribution >= 0.6 is 0 Å². The molecule has 4 fully saturated rings. The van der Waals surface area contributed by atoms with Crippen molar-refractivity contribution in [2.75, 3.05) is 0 Å². The van der Waals surface area contributed by atoms with E-state index in [4.69, 9.17) is 4.74 Å². The van der Waals surface area contributed by atoms with Gasteiger partial charge in [-0.1, -0.05) is 53.9 Å². The zero-order valence-corrected chi connectivity index (χ0v) is 23.9. The maximum atomic E-state index is 12.5. The molecule has 0 amide bonds. The van der Waals surface area contributed by atoms with Crippen LogP contribution in [-0.4, -0.2) is 12.1 Å². The Bertz CT molecular complexity index is 719. The average Bonchev–Trinajstić information content (AvgIpc) is 3.10. The fourth-order valence-electron chi connectivity index (χ4n) is 9.68. The number of carbonyl (C=O) groups is 1. The second-order valence-corrected chi connectivity index (χ2v) is 15.2. The van der Waals surface area contributed by atoms with E-state index in [1.54, 1.807) is 0 Å². The van der Waals surface area contributed by atoms with Crippen LogP contribution in [0, 0.1) is 57.7 Å². The molecule has 0 saturated heterocycles. The normalized spacial score (nSPS) is 43.1. The summed E-state index contributed by atoms with van der Waals surface area (Å²) in [5, 5.41) is 0. The molecular formula is C32H56O2. The minimum absolute atomic E-state index is 0.0114. The van der Waals surface area contributed by atoms with Crippen molar-refractivity contribution in [2.24, 2.45) is 57.7 Å². The van der Waals surface area contributed by atoms with Gasteiger partial charge in [-0.05, 0) is 131 Å². The first-order valence-electron chi connectivity index (χ1n) is 15.1. The topological polar surface area (TPSA) is 26.3 Å². The fourth-order valence-corrected chi connectivity index (χ4v) is 9.68. The first-order chi connectivity index (χ1) is 15.9. The van der Waals surface area contributed by atoms with Crippen LogP contribution in [0.1, 0.15) is 132 Å². The summed E-state index contributed by atoms with van der Waals surface area (Å²) < 4.78 is 6.02. The van der Waals surface area contributed by atoms with Crippen molar-refractivity contribution in [2.45, 2.75) is 139 Å². The van der Waals surface area contributed by atoms with Crippen molar-refractivity contribution in [1.82, 2.24) is 0 Å². The van der Waals surface area contributed by atoms with Gasteiger partial charge in [0.1, 0.15) is 6.10 Å². The van der Waals surface area contributed by atoms with Gasteiger partial charge in [0.25, 0.3) is 0 Å². The highest BCUT2D eigenvalue weighted by atomic mass is 16.5. The van der Waals surface area contributed by atoms with E-state index < -0.39 is 5.41 Å². The standard InChI is InChI=1S/C32H56O2/c1-21(2)10-9-11-22(3)26-14-15-27-25-13-12-23-20-24(34-29(33)30(4,5)6)16-18-31(23,7)28(25)17-19-32(26,27)8/h21-28H,9-20H2,1-8H3/t22-,23+,24+,25-,26?,27+,28?,31?,32?/m1/s1. The molecule has 2 heteroatoms. The van der Waals surface area contributed by atoms with E-state index in [0.29, 0.717) is 10.8 Å². The van der Waals surface area contributed by atoms with Crippen LogP contribution in [0.25, 0.3) is 0 Å². The van der Waals surface area contributed by atoms with Crippen molar-refractivity contribution in [3.63, 3.8) is 0 Å². The van der Waals surface area contributed by atoms with Gasteiger partial charge in [-0.2, -0.15) is 0 Å². The van der Waals surface area contributed by atoms with E-state index in [2.05, 4.69) is 34.6 Å². The molecule has 0 bridgehead atoms. The maximum Gasteiger partial charge on any atom is 0.311 e. The lowest BCUT2D eigenvalue weighted by molar-refractivity contribution is -0.170. The lowest BCUT2D eigenvalue weighted by atomic mass is 9.44. The van der Waals surface area contributed by atoms with Gasteiger partial charge in [0.05, 0.1) is 5.41 Å². The summed E-state index contributed by atoms with van der Waals surface area (Å²) in [4.78, 5) is 12.5. The predicted octanol–water partition coefficient (Wildman–Crippen LogP) is 9.07. The first kappa shape index (κ1) is 26.5. The third-order valence-electron chi connectivity index (χ3n) is 11.7. The van der Waals surface area contributed by atoms with Crippen molar-refractivity contribution in [1.29, 1.82) is 0 Å². The van der Waals surface area contributed by atoms with Gasteiger partial charge < -0.3 is 4.74 Å². The third kappa shape index (κ3) is 4.87. The number of fused-ring (bicyclic) bond motifs is 5. The number of hydrogen-bond donors (Lipinski definition) is 0. The van der Waals surface area contributed by atoms with Gasteiger partial charge in [0.15, 0.2) is 0 Å². The Balaban J connectivity index is 1.41. The number of rotatable bonds is 6. The van der Waals surface area contributed by atoms with E-state index in [0.717, 1.165) is 54.3 Å². The Kier molecular flexibility index (Phi) is 7.60. The van der Waals surface area contributed by atoms with Crippen molar-refractivity contribution in [3.8, 4) is 0 Å². The van der Waals surface area contributed by atoms with E-state index in [1.807, 2.05) is 20.8 Å². The molecular weight excluding hydrogens is 416 g/mol. The molecule has 34 heavy (non-hydrogen) atoms. The number of carbonyl (C=O) groups excluding carboxylic acids is 1. The Morgan fingerprint density at radius 2 is 1.56 bits per heavy atom. The molecule has 0 heterocycles. The SMILES string of the molecule is CC(C)CCC[C@@H](C)C1CC[C@H]2[C@H]3CC[C@H]4C[C@@H](OC(=O)C(C)(C)C)CCC4(C)C3CCC12C. The molecule has 4 unspecified atom stereocenters. The van der Waals surface area contributed by atoms with E-state index in [9.17, 15) is 4.79 Å². The molecule has 0 aromatic heterocycles. The Hall–Kier alpha value is -0.530. The second-order valence-electron chi connectivity index (χ2n) is 15.2. The molecule has 4 aliphatic carbocycles. The molecule has 0 aromatic carbocycles. The Morgan fingerprint density at radius 1 is 0.882 bits per heavy atom. The second kappa shape index (κ2) is 9.74. The third-order valence-corrected chi connectivity index (χ3v) is 11.7. The maximum absolute atomic E-state index is 12.5. The lowest BCUT2D eigenvalue weighted by Crippen LogP contribution is -2.54. The molecule has 2 nitrogen and oxygen atoms in total. The van der Waals surface area contributed by atoms with Gasteiger partial charge in [-0.25, -0.2) is 0 Å². The molecule has 0 N–H and O–H groups in total. The highest BCUT2D eigenvalue weighted by Crippen LogP contribution is 2.68. The van der Waals surface area contributed by atoms with Crippen LogP contribution in [0.2, 0.25) is 0 Å². The van der Waals surface area contributed by atoms with Gasteiger partial charge in [-0.15, -0.1) is 0 Å². The van der Waals surface area contributed by atoms with Crippen LogP contribution in [0.3, 0.4) is 0 Å². The molecule has 9 atom stereocenters. The molecule has 0 spiro atoms. The molecule has 0 radical (unpaired) electrons. The molecule has 4 rings (SSSR count). The zero-order chi connectivity index (χ0) is 24.9. The van der Waals surface area contributed by atoms with E-state index in [-0.39, 0.29) is 12.1 Å². The van der Waals surface area contributed by atoms with Crippen molar-refractivity contribution >= 4 is 5.97 Å². The molecule has 0 aliphatic heterocycles. The summed E-state index contributed by atoms with van der Waals surface area (Å²) in [7, 11) is 0. The van der Waals surface area contributed by atoms with Gasteiger partial charge in [0, 0.05) is 0 Å². The van der Waals surface area contributed by atoms with Crippen LogP contribution in [-0.2, 0) is 9.53 Å². The van der Waals surface area contributed by atoms with Crippen LogP contribution < -0.4 is 0 Å². The quantitative estimate of drug-likeness (QED) is 0.360. The minimum atomic E-state index is -0.392. The summed E-state index contributed by atoms with van der Waals surface area (Å²) in [6.45, 7) is 18.6. The summed E-state index contributed by atoms with van der Waals surface area (Å²) >= 11 is 0. The van der Waals surface area contributed by atoms with Crippen molar-refractivity contribution < 1.29 is 9.53 Å². The number of hydrogen-bond acceptors (Lipinski definition) is 2. The molecule has 196 valence electrons. The van der Waals surface area contributed by atoms with Crippen LogP contribution in [0.5, 0.6) is 0 Å². The predicted molar refractivity (Wildman–Crippen MR) is 142 cm³/mol. The molecule has 4 saturated carbocycles. The summed E-state index contributed by atoms with van der Waals surface area (Å²) in [6, 6.07) is 0. The smallest absolute Gasteiger partial charge is 0.311 e. The van der Waals surface area contributed by atoms with Crippen LogP contribution in [0.15, 0.2) is 0 Å². The van der Waals surface area contributed by atoms with Crippen LogP contribution in [0.4, 0.5) is 0 Å². The number of esters is 1. The summed E-state index contributed by atoms with van der Waals surface area (Å²) in [5.74, 6) is 6.23. The molecule has 0 aromatic rings. The van der Waals surface area contributed by atoms with E-state index >= 15 is 0 Å². The average molecular weight is 473 g/mol. The zero-order valence-electron chi connectivity index (χ0n) is 23.9. The Labute approximate surface area is 211 Å². The minimum Gasteiger partial charge on any atom is -0.462 e. The molecule has 4 aliphatic rings. The summed E-state index contributed by atoms with van der Waals surface area (Å²) in [6.07, 6.45) is 16.5. The lowest BCUT2D eigenvalue weighted by Gasteiger charge is -2.61. The number of ether oxygens (including phenoxy) is 1.